The van der Waals surface area contributed by atoms with Crippen molar-refractivity contribution in [1.82, 2.24) is 5.32 Å². The van der Waals surface area contributed by atoms with Crippen molar-refractivity contribution >= 4 is 11.9 Å². The molecule has 0 unspecified atom stereocenters. The van der Waals surface area contributed by atoms with Gasteiger partial charge in [-0.25, -0.2) is 0 Å². The Morgan fingerprint density at radius 3 is 2.35 bits per heavy atom. The summed E-state index contributed by atoms with van der Waals surface area (Å²) in [5, 5.41) is 3.40. The van der Waals surface area contributed by atoms with Crippen LogP contribution < -0.4 is 37.7 Å². The first kappa shape index (κ1) is 21.4. The fourth-order valence-corrected chi connectivity index (χ4v) is 2.21. The number of rotatable bonds is 13. The van der Waals surface area contributed by atoms with Gasteiger partial charge in [0.15, 0.2) is 11.9 Å². The Bertz CT molecular complexity index is 582. The molecule has 26 heavy (non-hydrogen) atoms. The third-order valence-electron chi connectivity index (χ3n) is 3.49. The molecule has 0 aliphatic heterocycles. The van der Waals surface area contributed by atoms with Gasteiger partial charge in [-0.2, -0.15) is 0 Å². The van der Waals surface area contributed by atoms with E-state index in [2.05, 4.69) is 15.3 Å². The highest BCUT2D eigenvalue weighted by molar-refractivity contribution is 5.75. The molecular formula is C17H31N7O2. The van der Waals surface area contributed by atoms with Gasteiger partial charge in [0.1, 0.15) is 11.5 Å². The maximum Gasteiger partial charge on any atom is 0.185 e. The van der Waals surface area contributed by atoms with E-state index in [9.17, 15) is 0 Å². The van der Waals surface area contributed by atoms with Gasteiger partial charge in [-0.1, -0.05) is 0 Å². The zero-order chi connectivity index (χ0) is 19.2. The Morgan fingerprint density at radius 1 is 1.00 bits per heavy atom. The second-order valence-corrected chi connectivity index (χ2v) is 5.67. The number of nitrogens with two attached hydrogens (primary N) is 4. The van der Waals surface area contributed by atoms with Crippen molar-refractivity contribution in [3.63, 3.8) is 0 Å². The van der Waals surface area contributed by atoms with Crippen molar-refractivity contribution in [3.8, 4) is 11.5 Å². The maximum atomic E-state index is 5.85. The molecule has 0 fully saturated rings. The molecule has 0 amide bonds. The highest BCUT2D eigenvalue weighted by Gasteiger charge is 2.06. The van der Waals surface area contributed by atoms with E-state index in [1.54, 1.807) is 7.11 Å². The van der Waals surface area contributed by atoms with Gasteiger partial charge >= 0.3 is 0 Å². The van der Waals surface area contributed by atoms with Crippen LogP contribution in [0.2, 0.25) is 0 Å². The molecule has 0 aliphatic rings. The summed E-state index contributed by atoms with van der Waals surface area (Å²) in [5.41, 5.74) is 22.2. The summed E-state index contributed by atoms with van der Waals surface area (Å²) >= 11 is 0. The van der Waals surface area contributed by atoms with Gasteiger partial charge in [-0.05, 0) is 37.6 Å². The zero-order valence-electron chi connectivity index (χ0n) is 15.4. The highest BCUT2D eigenvalue weighted by Crippen LogP contribution is 2.24. The number of guanidine groups is 2. The molecule has 9 nitrogen and oxygen atoms in total. The van der Waals surface area contributed by atoms with Crippen molar-refractivity contribution < 1.29 is 9.47 Å². The second-order valence-electron chi connectivity index (χ2n) is 5.67. The topological polar surface area (TPSA) is 159 Å². The molecule has 9 heteroatoms. The summed E-state index contributed by atoms with van der Waals surface area (Å²) in [7, 11) is 1.64. The number of ether oxygens (including phenoxy) is 2. The molecule has 0 bridgehead atoms. The number of nitrogens with zero attached hydrogens (tertiary/aromatic N) is 2. The molecule has 9 N–H and O–H groups in total. The predicted molar refractivity (Wildman–Crippen MR) is 105 cm³/mol. The van der Waals surface area contributed by atoms with Crippen LogP contribution in [0, 0.1) is 0 Å². The minimum absolute atomic E-state index is 0.0965. The molecule has 0 spiro atoms. The fraction of sp³-hybridized carbons (Fsp3) is 0.529. The number of methoxy groups -OCH3 is 1. The highest BCUT2D eigenvalue weighted by atomic mass is 16.5. The Hall–Kier alpha value is -2.68. The summed E-state index contributed by atoms with van der Waals surface area (Å²) in [6, 6.07) is 5.76. The minimum atomic E-state index is 0.0965. The van der Waals surface area contributed by atoms with Crippen LogP contribution in [0.25, 0.3) is 0 Å². The number of hydrogen-bond acceptors (Lipinski definition) is 5. The summed E-state index contributed by atoms with van der Waals surface area (Å²) in [6.45, 7) is 3.27. The maximum absolute atomic E-state index is 5.85. The lowest BCUT2D eigenvalue weighted by Crippen LogP contribution is -2.23. The van der Waals surface area contributed by atoms with E-state index in [-0.39, 0.29) is 11.9 Å². The van der Waals surface area contributed by atoms with Gasteiger partial charge in [0, 0.05) is 31.6 Å². The van der Waals surface area contributed by atoms with Crippen molar-refractivity contribution in [2.24, 2.45) is 32.9 Å². The van der Waals surface area contributed by atoms with E-state index in [0.29, 0.717) is 26.2 Å². The molecule has 0 saturated heterocycles. The number of aliphatic imine (C=N–C) groups is 2. The molecule has 0 radical (unpaired) electrons. The molecule has 146 valence electrons. The molecule has 0 heterocycles. The van der Waals surface area contributed by atoms with Crippen LogP contribution in [-0.4, -0.2) is 45.3 Å². The lowest BCUT2D eigenvalue weighted by atomic mass is 10.2. The van der Waals surface area contributed by atoms with E-state index in [0.717, 1.165) is 42.9 Å². The zero-order valence-corrected chi connectivity index (χ0v) is 15.4. The van der Waals surface area contributed by atoms with Crippen LogP contribution in [-0.2, 0) is 6.54 Å². The van der Waals surface area contributed by atoms with Gasteiger partial charge < -0.3 is 37.7 Å². The monoisotopic (exact) mass is 365 g/mol. The number of unbranched alkanes of at least 4 members (excludes halogenated alkanes) is 1. The van der Waals surface area contributed by atoms with E-state index >= 15 is 0 Å². The minimum Gasteiger partial charge on any atom is -0.497 e. The number of benzene rings is 1. The van der Waals surface area contributed by atoms with Crippen molar-refractivity contribution in [2.45, 2.75) is 25.8 Å². The first-order valence-electron chi connectivity index (χ1n) is 8.64. The normalized spacial score (nSPS) is 10.2. The van der Waals surface area contributed by atoms with Crippen molar-refractivity contribution in [2.75, 3.05) is 33.4 Å². The fourth-order valence-electron chi connectivity index (χ4n) is 2.21. The third-order valence-corrected chi connectivity index (χ3v) is 3.49. The van der Waals surface area contributed by atoms with Crippen LogP contribution in [0.1, 0.15) is 24.8 Å². The van der Waals surface area contributed by atoms with Crippen LogP contribution in [0.3, 0.4) is 0 Å². The van der Waals surface area contributed by atoms with E-state index in [4.69, 9.17) is 32.4 Å². The standard InChI is InChI=1S/C17H31N7O2/c1-25-14-5-6-15(26-10-4-9-24-17(20)21)13(11-14)12-22-7-2-3-8-23-16(18)19/h5-6,11,22H,2-4,7-10,12H2,1H3,(H4,18,19,23)(H4,20,21,24). The van der Waals surface area contributed by atoms with E-state index in [1.807, 2.05) is 18.2 Å². The van der Waals surface area contributed by atoms with Crippen LogP contribution in [0.5, 0.6) is 11.5 Å². The largest absolute Gasteiger partial charge is 0.497 e. The average molecular weight is 365 g/mol. The second kappa shape index (κ2) is 12.6. The summed E-state index contributed by atoms with van der Waals surface area (Å²) in [5.74, 6) is 1.85. The van der Waals surface area contributed by atoms with Crippen LogP contribution in [0.15, 0.2) is 28.2 Å². The van der Waals surface area contributed by atoms with Gasteiger partial charge in [0.2, 0.25) is 0 Å². The quantitative estimate of drug-likeness (QED) is 0.185. The molecule has 0 atom stereocenters. The Morgan fingerprint density at radius 2 is 1.69 bits per heavy atom. The molecular weight excluding hydrogens is 334 g/mol. The summed E-state index contributed by atoms with van der Waals surface area (Å²) in [4.78, 5) is 7.90. The van der Waals surface area contributed by atoms with Gasteiger partial charge in [-0.3, -0.25) is 9.98 Å². The first-order valence-corrected chi connectivity index (χ1v) is 8.64. The number of hydrogen-bond donors (Lipinski definition) is 5. The smallest absolute Gasteiger partial charge is 0.185 e. The van der Waals surface area contributed by atoms with Gasteiger partial charge in [0.05, 0.1) is 13.7 Å². The molecule has 0 saturated carbocycles. The van der Waals surface area contributed by atoms with Crippen LogP contribution in [0.4, 0.5) is 0 Å². The Balaban J connectivity index is 2.43. The van der Waals surface area contributed by atoms with Crippen molar-refractivity contribution in [1.29, 1.82) is 0 Å². The van der Waals surface area contributed by atoms with Gasteiger partial charge in [0.25, 0.3) is 0 Å². The van der Waals surface area contributed by atoms with E-state index < -0.39 is 0 Å². The predicted octanol–water partition coefficient (Wildman–Crippen LogP) is -0.119. The number of nitrogens with one attached hydrogen (secondary N) is 1. The van der Waals surface area contributed by atoms with Crippen molar-refractivity contribution in [3.05, 3.63) is 23.8 Å². The third kappa shape index (κ3) is 9.58. The average Bonchev–Trinajstić information content (AvgIpc) is 2.60. The van der Waals surface area contributed by atoms with Crippen LogP contribution >= 0.6 is 0 Å². The van der Waals surface area contributed by atoms with Gasteiger partial charge in [-0.15, -0.1) is 0 Å². The molecule has 0 aliphatic carbocycles. The van der Waals surface area contributed by atoms with E-state index in [1.165, 1.54) is 0 Å². The molecule has 1 rings (SSSR count). The summed E-state index contributed by atoms with van der Waals surface area (Å²) in [6.07, 6.45) is 2.65. The lowest BCUT2D eigenvalue weighted by molar-refractivity contribution is 0.308. The summed E-state index contributed by atoms with van der Waals surface area (Å²) < 4.78 is 11.1. The SMILES string of the molecule is COc1ccc(OCCCN=C(N)N)c(CNCCCCN=C(N)N)c1. The Kier molecular flexibility index (Phi) is 10.4. The molecule has 0 aromatic heterocycles. The molecule has 1 aromatic carbocycles. The molecule has 1 aromatic rings. The lowest BCUT2D eigenvalue weighted by Gasteiger charge is -2.13. The first-order chi connectivity index (χ1) is 12.5. The Labute approximate surface area is 154 Å².